The quantitative estimate of drug-likeness (QED) is 0.301. The van der Waals surface area contributed by atoms with E-state index < -0.39 is 34.1 Å². The molecule has 0 bridgehead atoms. The number of carbonyl (C=O) groups is 4. The van der Waals surface area contributed by atoms with Crippen molar-refractivity contribution >= 4 is 58.5 Å². The van der Waals surface area contributed by atoms with Crippen molar-refractivity contribution < 1.29 is 29.0 Å². The molecule has 11 heteroatoms. The highest BCUT2D eigenvalue weighted by molar-refractivity contribution is 8.00. The third kappa shape index (κ3) is 3.69. The minimum Gasteiger partial charge on any atom is -0.477 e. The highest BCUT2D eigenvalue weighted by Crippen LogP contribution is 2.48. The van der Waals surface area contributed by atoms with Gasteiger partial charge in [0, 0.05) is 23.1 Å². The number of thiophene rings is 1. The van der Waals surface area contributed by atoms with Crippen LogP contribution in [0.15, 0.2) is 28.8 Å². The molecule has 0 aromatic carbocycles. The lowest BCUT2D eigenvalue weighted by molar-refractivity contribution is -0.153. The molecular weight excluding hydrogens is 416 g/mol. The van der Waals surface area contributed by atoms with Crippen LogP contribution in [0.2, 0.25) is 0 Å². The first-order valence-electron chi connectivity index (χ1n) is 7.80. The van der Waals surface area contributed by atoms with Crippen LogP contribution in [-0.2, 0) is 30.3 Å². The number of nitrogens with one attached hydrogen (secondary N) is 1. The monoisotopic (exact) mass is 430 g/mol. The van der Waals surface area contributed by atoms with E-state index in [1.165, 1.54) is 30.0 Å². The molecule has 1 unspecified atom stereocenters. The van der Waals surface area contributed by atoms with Crippen molar-refractivity contribution in [2.24, 2.45) is 0 Å². The van der Waals surface area contributed by atoms with Gasteiger partial charge in [-0.25, -0.2) is 4.79 Å². The summed E-state index contributed by atoms with van der Waals surface area (Å²) in [6, 6.07) is 3.60. The number of hydrogen-bond donors (Lipinski definition) is 2. The van der Waals surface area contributed by atoms with Crippen LogP contribution in [-0.4, -0.2) is 56.5 Å². The Bertz CT molecular complexity index is 840. The van der Waals surface area contributed by atoms with E-state index in [1.54, 1.807) is 6.07 Å². The zero-order valence-electron chi connectivity index (χ0n) is 14.1. The van der Waals surface area contributed by atoms with E-state index in [4.69, 9.17) is 16.3 Å². The van der Waals surface area contributed by atoms with Gasteiger partial charge in [-0.3, -0.25) is 19.3 Å². The molecule has 8 nitrogen and oxygen atoms in total. The van der Waals surface area contributed by atoms with Crippen molar-refractivity contribution in [1.82, 2.24) is 10.2 Å². The molecule has 144 valence electrons. The summed E-state index contributed by atoms with van der Waals surface area (Å²) in [5.41, 5.74) is 0.0460. The number of rotatable bonds is 6. The fraction of sp³-hybridized carbons (Fsp3) is 0.375. The van der Waals surface area contributed by atoms with Gasteiger partial charge in [0.15, 0.2) is 0 Å². The summed E-state index contributed by atoms with van der Waals surface area (Å²) in [5.74, 6) is -2.81. The molecule has 1 aromatic heterocycles. The highest BCUT2D eigenvalue weighted by Gasteiger charge is 2.65. The van der Waals surface area contributed by atoms with Crippen LogP contribution in [0.25, 0.3) is 0 Å². The Morgan fingerprint density at radius 2 is 2.22 bits per heavy atom. The van der Waals surface area contributed by atoms with Crippen molar-refractivity contribution in [1.29, 1.82) is 0 Å². The molecule has 0 aliphatic carbocycles. The number of nitrogens with zero attached hydrogens (tertiary/aromatic N) is 1. The van der Waals surface area contributed by atoms with Gasteiger partial charge in [0.2, 0.25) is 10.9 Å². The van der Waals surface area contributed by atoms with Crippen molar-refractivity contribution in [3.8, 4) is 0 Å². The number of carboxylic acids is 1. The van der Waals surface area contributed by atoms with E-state index in [2.05, 4.69) is 5.32 Å². The van der Waals surface area contributed by atoms with Crippen molar-refractivity contribution in [2.45, 2.75) is 23.7 Å². The fourth-order valence-corrected chi connectivity index (χ4v) is 5.32. The van der Waals surface area contributed by atoms with E-state index in [0.29, 0.717) is 5.57 Å². The van der Waals surface area contributed by atoms with Crippen molar-refractivity contribution in [3.63, 3.8) is 0 Å². The van der Waals surface area contributed by atoms with Crippen LogP contribution in [0, 0.1) is 0 Å². The van der Waals surface area contributed by atoms with Gasteiger partial charge >= 0.3 is 11.9 Å². The summed E-state index contributed by atoms with van der Waals surface area (Å²) in [6.07, 6.45) is 0.0795. The van der Waals surface area contributed by atoms with Crippen LogP contribution in [0.5, 0.6) is 0 Å². The Morgan fingerprint density at radius 1 is 1.48 bits per heavy atom. The topological polar surface area (TPSA) is 113 Å². The van der Waals surface area contributed by atoms with Crippen molar-refractivity contribution in [3.05, 3.63) is 33.7 Å². The number of carboxylic acid groups (broad SMARTS) is 1. The van der Waals surface area contributed by atoms with Gasteiger partial charge in [-0.1, -0.05) is 17.7 Å². The largest absolute Gasteiger partial charge is 0.477 e. The van der Waals surface area contributed by atoms with Gasteiger partial charge in [0.25, 0.3) is 5.91 Å². The Balaban J connectivity index is 1.76. The number of esters is 1. The van der Waals surface area contributed by atoms with Crippen molar-refractivity contribution in [2.75, 3.05) is 12.4 Å². The van der Waals surface area contributed by atoms with Crippen LogP contribution >= 0.6 is 34.7 Å². The average molecular weight is 431 g/mol. The zero-order chi connectivity index (χ0) is 19.8. The molecule has 2 aliphatic heterocycles. The third-order valence-electron chi connectivity index (χ3n) is 3.98. The van der Waals surface area contributed by atoms with Gasteiger partial charge in [-0.2, -0.15) is 0 Å². The molecule has 1 aromatic rings. The Hall–Kier alpha value is -2.04. The van der Waals surface area contributed by atoms with E-state index in [9.17, 15) is 24.3 Å². The van der Waals surface area contributed by atoms with Gasteiger partial charge in [0.05, 0.1) is 6.42 Å². The molecule has 27 heavy (non-hydrogen) atoms. The number of amides is 2. The summed E-state index contributed by atoms with van der Waals surface area (Å²) in [4.78, 5) is 47.7. The summed E-state index contributed by atoms with van der Waals surface area (Å²) in [7, 11) is 0. The van der Waals surface area contributed by atoms with Gasteiger partial charge in [-0.15, -0.1) is 23.1 Å². The summed E-state index contributed by atoms with van der Waals surface area (Å²) >= 11 is 8.98. The normalized spacial score (nSPS) is 24.1. The number of β-lactam (4-membered cyclic amide) rings is 1. The molecule has 1 fully saturated rings. The SMILES string of the molecule is CC(=O)OCC1=C(C(=O)O)N2C(=O)C(Cl)(NC(=O)Cc3cccs3)[C@H]2SC1. The van der Waals surface area contributed by atoms with Crippen LogP contribution in [0.3, 0.4) is 0 Å². The summed E-state index contributed by atoms with van der Waals surface area (Å²) < 4.78 is 4.87. The minimum atomic E-state index is -1.70. The first kappa shape index (κ1) is 19.7. The number of halogens is 1. The summed E-state index contributed by atoms with van der Waals surface area (Å²) in [6.45, 7) is 0.988. The van der Waals surface area contributed by atoms with Crippen LogP contribution < -0.4 is 5.32 Å². The smallest absolute Gasteiger partial charge is 0.352 e. The summed E-state index contributed by atoms with van der Waals surface area (Å²) in [5, 5.41) is 13.1. The second kappa shape index (κ2) is 7.53. The molecular formula is C16H15ClN2O6S2. The van der Waals surface area contributed by atoms with Gasteiger partial charge in [-0.05, 0) is 11.4 Å². The molecule has 1 saturated heterocycles. The first-order valence-corrected chi connectivity index (χ1v) is 10.1. The van der Waals surface area contributed by atoms with E-state index in [1.807, 2.05) is 11.4 Å². The molecule has 2 aliphatic rings. The molecule has 2 atom stereocenters. The number of thioether (sulfide) groups is 1. The predicted octanol–water partition coefficient (Wildman–Crippen LogP) is 1.16. The molecule has 0 saturated carbocycles. The average Bonchev–Trinajstić information content (AvgIpc) is 3.11. The van der Waals surface area contributed by atoms with Crippen LogP contribution in [0.1, 0.15) is 11.8 Å². The number of hydrogen-bond acceptors (Lipinski definition) is 7. The lowest BCUT2D eigenvalue weighted by Gasteiger charge is -2.54. The predicted molar refractivity (Wildman–Crippen MR) is 99.1 cm³/mol. The Morgan fingerprint density at radius 3 is 2.81 bits per heavy atom. The number of fused-ring (bicyclic) bond motifs is 1. The molecule has 0 radical (unpaired) electrons. The first-order chi connectivity index (χ1) is 12.7. The Labute approximate surface area is 167 Å². The second-order valence-corrected chi connectivity index (χ2v) is 8.59. The standard InChI is InChI=1S/C16H15ClN2O6S2/c1-8(20)25-6-9-7-27-15-16(17,14(24)19(15)12(9)13(22)23)18-11(21)5-10-3-2-4-26-10/h2-4,15H,5-7H2,1H3,(H,18,21)(H,22,23)/t15-,16?/m1/s1. The maximum Gasteiger partial charge on any atom is 0.352 e. The number of ether oxygens (including phenoxy) is 1. The van der Waals surface area contributed by atoms with Crippen LogP contribution in [0.4, 0.5) is 0 Å². The van der Waals surface area contributed by atoms with E-state index >= 15 is 0 Å². The maximum absolute atomic E-state index is 12.6. The Kier molecular flexibility index (Phi) is 5.50. The highest BCUT2D eigenvalue weighted by atomic mass is 35.5. The fourth-order valence-electron chi connectivity index (χ4n) is 2.81. The molecule has 3 heterocycles. The molecule has 2 amide bonds. The van der Waals surface area contributed by atoms with E-state index in [-0.39, 0.29) is 24.5 Å². The third-order valence-corrected chi connectivity index (χ3v) is 6.85. The zero-order valence-corrected chi connectivity index (χ0v) is 16.4. The maximum atomic E-state index is 12.6. The molecule has 2 N–H and O–H groups in total. The lowest BCUT2D eigenvalue weighted by atomic mass is 10.0. The number of alkyl halides is 1. The van der Waals surface area contributed by atoms with E-state index in [0.717, 1.165) is 9.78 Å². The van der Waals surface area contributed by atoms with Gasteiger partial charge in [0.1, 0.15) is 17.7 Å². The lowest BCUT2D eigenvalue weighted by Crippen LogP contribution is -2.77. The van der Waals surface area contributed by atoms with Gasteiger partial charge < -0.3 is 15.2 Å². The molecule has 3 rings (SSSR count). The molecule has 0 spiro atoms. The second-order valence-electron chi connectivity index (χ2n) is 5.89. The number of aliphatic carboxylic acids is 1. The minimum absolute atomic E-state index is 0.0795. The number of carbonyl (C=O) groups excluding carboxylic acids is 3.